The van der Waals surface area contributed by atoms with E-state index in [0.717, 1.165) is 18.4 Å². The third-order valence-corrected chi connectivity index (χ3v) is 4.76. The molecule has 3 aromatic heterocycles. The van der Waals surface area contributed by atoms with Gasteiger partial charge in [0.1, 0.15) is 10.7 Å². The van der Waals surface area contributed by atoms with Crippen molar-refractivity contribution in [1.29, 1.82) is 0 Å². The topological polar surface area (TPSA) is 88.5 Å². The van der Waals surface area contributed by atoms with Gasteiger partial charge in [-0.2, -0.15) is 10.2 Å². The largest absolute Gasteiger partial charge is 0.317 e. The normalized spacial score (nSPS) is 14.2. The molecule has 3 heterocycles. The minimum atomic E-state index is -2.76. The van der Waals surface area contributed by atoms with Crippen LogP contribution in [0.1, 0.15) is 35.4 Å². The third-order valence-electron chi connectivity index (χ3n) is 3.87. The number of H-pyrrole nitrogens is 1. The van der Waals surface area contributed by atoms with E-state index in [-0.39, 0.29) is 11.4 Å². The number of nitrogens with one attached hydrogen (secondary N) is 2. The number of rotatable bonds is 6. The molecule has 0 aliphatic heterocycles. The third kappa shape index (κ3) is 3.43. The zero-order valence-electron chi connectivity index (χ0n) is 12.9. The summed E-state index contributed by atoms with van der Waals surface area (Å²) in [5.41, 5.74) is 0.531. The highest BCUT2D eigenvalue weighted by Gasteiger charge is 2.26. The van der Waals surface area contributed by atoms with Gasteiger partial charge in [-0.15, -0.1) is 11.3 Å². The highest BCUT2D eigenvalue weighted by atomic mass is 32.1. The van der Waals surface area contributed by atoms with Gasteiger partial charge in [0, 0.05) is 29.9 Å². The van der Waals surface area contributed by atoms with E-state index in [0.29, 0.717) is 17.5 Å². The van der Waals surface area contributed by atoms with Crippen LogP contribution >= 0.6 is 11.3 Å². The number of aromatic nitrogens is 5. The number of aromatic amines is 1. The lowest BCUT2D eigenvalue weighted by Gasteiger charge is -2.02. The fourth-order valence-electron chi connectivity index (χ4n) is 2.42. The van der Waals surface area contributed by atoms with Crippen molar-refractivity contribution in [2.45, 2.75) is 25.8 Å². The first-order chi connectivity index (χ1) is 12.1. The smallest absolute Gasteiger partial charge is 0.284 e. The van der Waals surface area contributed by atoms with Crippen LogP contribution in [-0.2, 0) is 6.54 Å². The van der Waals surface area contributed by atoms with E-state index in [1.54, 1.807) is 17.8 Å². The molecule has 10 heteroatoms. The Bertz CT molecular complexity index is 884. The van der Waals surface area contributed by atoms with Gasteiger partial charge in [-0.1, -0.05) is 0 Å². The molecule has 7 nitrogen and oxygen atoms in total. The van der Waals surface area contributed by atoms with Crippen molar-refractivity contribution in [2.24, 2.45) is 5.92 Å². The fraction of sp³-hybridized carbons (Fsp3) is 0.333. The van der Waals surface area contributed by atoms with E-state index >= 15 is 0 Å². The second-order valence-corrected chi connectivity index (χ2v) is 6.73. The van der Waals surface area contributed by atoms with E-state index in [9.17, 15) is 13.6 Å². The predicted octanol–water partition coefficient (Wildman–Crippen LogP) is 3.33. The summed E-state index contributed by atoms with van der Waals surface area (Å²) in [5.74, 6) is -0.0519. The molecule has 0 atom stereocenters. The Morgan fingerprint density at radius 2 is 2.32 bits per heavy atom. The Morgan fingerprint density at radius 3 is 3.00 bits per heavy atom. The quantitative estimate of drug-likeness (QED) is 0.702. The van der Waals surface area contributed by atoms with Gasteiger partial charge in [-0.25, -0.2) is 13.8 Å². The van der Waals surface area contributed by atoms with Crippen molar-refractivity contribution in [1.82, 2.24) is 25.0 Å². The second kappa shape index (κ2) is 6.36. The van der Waals surface area contributed by atoms with Crippen molar-refractivity contribution in [3.63, 3.8) is 0 Å². The molecule has 0 saturated heterocycles. The molecule has 25 heavy (non-hydrogen) atoms. The molecule has 1 aliphatic rings. The summed E-state index contributed by atoms with van der Waals surface area (Å²) in [5, 5.41) is 15.1. The standard InChI is InChI=1S/C15H14F2N6OS/c16-13(17)12-10(6-23(22-12)5-8-1-2-8)20-14(24)11-7-25-15(21-11)9-3-18-19-4-9/h3-4,6-8,13H,1-2,5H2,(H,18,19)(H,20,24). The zero-order chi connectivity index (χ0) is 17.4. The molecule has 0 unspecified atom stereocenters. The fourth-order valence-corrected chi connectivity index (χ4v) is 3.20. The highest BCUT2D eigenvalue weighted by molar-refractivity contribution is 7.13. The average Bonchev–Trinajstić information content (AvgIpc) is 3.01. The van der Waals surface area contributed by atoms with Crippen LogP contribution in [0.15, 0.2) is 24.0 Å². The number of carbonyl (C=O) groups is 1. The summed E-state index contributed by atoms with van der Waals surface area (Å²) in [7, 11) is 0. The van der Waals surface area contributed by atoms with Gasteiger partial charge in [0.05, 0.1) is 11.9 Å². The van der Waals surface area contributed by atoms with E-state index in [1.165, 1.54) is 22.2 Å². The maximum absolute atomic E-state index is 13.2. The van der Waals surface area contributed by atoms with Gasteiger partial charge in [-0.3, -0.25) is 14.6 Å². The van der Waals surface area contributed by atoms with Crippen LogP contribution < -0.4 is 5.32 Å². The molecule has 0 bridgehead atoms. The van der Waals surface area contributed by atoms with E-state index < -0.39 is 18.0 Å². The van der Waals surface area contributed by atoms with E-state index in [2.05, 4.69) is 25.6 Å². The van der Waals surface area contributed by atoms with Crippen LogP contribution in [0.5, 0.6) is 0 Å². The number of alkyl halides is 2. The number of amides is 1. The molecular formula is C15H14F2N6OS. The number of carbonyl (C=O) groups excluding carboxylic acids is 1. The summed E-state index contributed by atoms with van der Waals surface area (Å²) in [6, 6.07) is 0. The Morgan fingerprint density at radius 1 is 1.48 bits per heavy atom. The van der Waals surface area contributed by atoms with Gasteiger partial charge >= 0.3 is 0 Å². The molecular weight excluding hydrogens is 350 g/mol. The lowest BCUT2D eigenvalue weighted by atomic mass is 10.3. The summed E-state index contributed by atoms with van der Waals surface area (Å²) in [6.45, 7) is 0.594. The number of anilines is 1. The van der Waals surface area contributed by atoms with E-state index in [4.69, 9.17) is 0 Å². The van der Waals surface area contributed by atoms with Crippen LogP contribution in [0.25, 0.3) is 10.6 Å². The Kier molecular flexibility index (Phi) is 4.04. The van der Waals surface area contributed by atoms with Gasteiger partial charge in [0.2, 0.25) is 0 Å². The van der Waals surface area contributed by atoms with Crippen LogP contribution in [-0.4, -0.2) is 30.9 Å². The number of hydrogen-bond donors (Lipinski definition) is 2. The van der Waals surface area contributed by atoms with Crippen molar-refractivity contribution < 1.29 is 13.6 Å². The molecule has 1 saturated carbocycles. The molecule has 1 fully saturated rings. The molecule has 0 radical (unpaired) electrons. The molecule has 4 rings (SSSR count). The Balaban J connectivity index is 1.52. The molecule has 0 spiro atoms. The minimum absolute atomic E-state index is 0.0264. The predicted molar refractivity (Wildman–Crippen MR) is 87.6 cm³/mol. The molecule has 3 aromatic rings. The number of halogens is 2. The lowest BCUT2D eigenvalue weighted by Crippen LogP contribution is -2.13. The number of thiazole rings is 1. The van der Waals surface area contributed by atoms with Crippen LogP contribution in [0.4, 0.5) is 14.5 Å². The second-order valence-electron chi connectivity index (χ2n) is 5.87. The summed E-state index contributed by atoms with van der Waals surface area (Å²) in [4.78, 5) is 16.6. The number of hydrogen-bond acceptors (Lipinski definition) is 5. The SMILES string of the molecule is O=C(Nc1cn(CC2CC2)nc1C(F)F)c1csc(-c2cn[nH]c2)n1. The van der Waals surface area contributed by atoms with Gasteiger partial charge in [-0.05, 0) is 18.8 Å². The van der Waals surface area contributed by atoms with Crippen LogP contribution in [0, 0.1) is 5.92 Å². The first-order valence-corrected chi connectivity index (χ1v) is 8.59. The summed E-state index contributed by atoms with van der Waals surface area (Å²) >= 11 is 1.28. The Hall–Kier alpha value is -2.62. The number of nitrogens with zero attached hydrogens (tertiary/aromatic N) is 4. The monoisotopic (exact) mass is 364 g/mol. The van der Waals surface area contributed by atoms with Crippen molar-refractivity contribution in [2.75, 3.05) is 5.32 Å². The van der Waals surface area contributed by atoms with Crippen molar-refractivity contribution in [3.8, 4) is 10.6 Å². The van der Waals surface area contributed by atoms with Gasteiger partial charge < -0.3 is 5.32 Å². The molecule has 2 N–H and O–H groups in total. The maximum Gasteiger partial charge on any atom is 0.284 e. The van der Waals surface area contributed by atoms with Crippen LogP contribution in [0.2, 0.25) is 0 Å². The molecule has 1 aliphatic carbocycles. The summed E-state index contributed by atoms with van der Waals surface area (Å²) < 4.78 is 27.9. The molecule has 0 aromatic carbocycles. The first kappa shape index (κ1) is 15.9. The first-order valence-electron chi connectivity index (χ1n) is 7.71. The maximum atomic E-state index is 13.2. The van der Waals surface area contributed by atoms with Crippen molar-refractivity contribution >= 4 is 22.9 Å². The van der Waals surface area contributed by atoms with Gasteiger partial charge in [0.25, 0.3) is 12.3 Å². The zero-order valence-corrected chi connectivity index (χ0v) is 13.8. The van der Waals surface area contributed by atoms with Gasteiger partial charge in [0.15, 0.2) is 5.69 Å². The average molecular weight is 364 g/mol. The summed E-state index contributed by atoms with van der Waals surface area (Å²) in [6.07, 6.45) is 4.13. The lowest BCUT2D eigenvalue weighted by molar-refractivity contribution is 0.102. The molecule has 1 amide bonds. The Labute approximate surface area is 145 Å². The highest BCUT2D eigenvalue weighted by Crippen LogP contribution is 2.32. The van der Waals surface area contributed by atoms with Crippen molar-refractivity contribution in [3.05, 3.63) is 35.4 Å². The van der Waals surface area contributed by atoms with E-state index in [1.807, 2.05) is 0 Å². The minimum Gasteiger partial charge on any atom is -0.317 e. The van der Waals surface area contributed by atoms with Crippen LogP contribution in [0.3, 0.4) is 0 Å². The molecule has 130 valence electrons.